The van der Waals surface area contributed by atoms with Gasteiger partial charge in [-0.25, -0.2) is 0 Å². The smallest absolute Gasteiger partial charge is 0.0673 e. The van der Waals surface area contributed by atoms with Crippen LogP contribution < -0.4 is 0 Å². The van der Waals surface area contributed by atoms with Crippen molar-refractivity contribution >= 4 is 0 Å². The molecule has 0 rings (SSSR count). The second kappa shape index (κ2) is 5.36. The number of hydrogen-bond donors (Lipinski definition) is 1. The summed E-state index contributed by atoms with van der Waals surface area (Å²) in [6.45, 7) is 9.95. The van der Waals surface area contributed by atoms with E-state index in [1.807, 2.05) is 6.08 Å². The first-order chi connectivity index (χ1) is 5.56. The molecular weight excluding hydrogens is 148 g/mol. The van der Waals surface area contributed by atoms with E-state index in [1.165, 1.54) is 0 Å². The Morgan fingerprint density at radius 3 is 2.33 bits per heavy atom. The molecule has 0 unspecified atom stereocenters. The van der Waals surface area contributed by atoms with Gasteiger partial charge >= 0.3 is 0 Å². The quantitative estimate of drug-likeness (QED) is 0.607. The highest BCUT2D eigenvalue weighted by atomic mass is 16.3. The summed E-state index contributed by atoms with van der Waals surface area (Å²) in [4.78, 5) is 0. The molecule has 0 radical (unpaired) electrons. The second-order valence-electron chi connectivity index (χ2n) is 3.84. The van der Waals surface area contributed by atoms with E-state index in [1.54, 1.807) is 0 Å². The van der Waals surface area contributed by atoms with Crippen molar-refractivity contribution in [2.24, 2.45) is 5.92 Å². The van der Waals surface area contributed by atoms with E-state index in [0.29, 0.717) is 5.92 Å². The van der Waals surface area contributed by atoms with Crippen molar-refractivity contribution in [3.8, 4) is 0 Å². The van der Waals surface area contributed by atoms with E-state index in [4.69, 9.17) is 0 Å². The zero-order valence-corrected chi connectivity index (χ0v) is 8.64. The van der Waals surface area contributed by atoms with E-state index < -0.39 is 5.60 Å². The third-order valence-electron chi connectivity index (χ3n) is 2.54. The molecule has 1 nitrogen and oxygen atoms in total. The van der Waals surface area contributed by atoms with Crippen molar-refractivity contribution in [3.05, 3.63) is 12.7 Å². The van der Waals surface area contributed by atoms with Crippen LogP contribution in [0.2, 0.25) is 0 Å². The maximum atomic E-state index is 10.2. The maximum absolute atomic E-state index is 10.2. The number of hydrogen-bond acceptors (Lipinski definition) is 1. The number of aliphatic hydroxyl groups is 1. The molecule has 0 saturated heterocycles. The molecule has 0 aromatic carbocycles. The van der Waals surface area contributed by atoms with Gasteiger partial charge < -0.3 is 5.11 Å². The van der Waals surface area contributed by atoms with E-state index in [2.05, 4.69) is 27.4 Å². The van der Waals surface area contributed by atoms with Crippen LogP contribution in [0.1, 0.15) is 46.5 Å². The molecule has 1 atom stereocenters. The Labute approximate surface area is 76.5 Å². The Morgan fingerprint density at radius 1 is 1.42 bits per heavy atom. The minimum Gasteiger partial charge on any atom is -0.390 e. The van der Waals surface area contributed by atoms with Crippen molar-refractivity contribution < 1.29 is 5.11 Å². The Kier molecular flexibility index (Phi) is 5.23. The molecule has 0 bridgehead atoms. The van der Waals surface area contributed by atoms with Crippen LogP contribution in [0.3, 0.4) is 0 Å². The van der Waals surface area contributed by atoms with E-state index >= 15 is 0 Å². The minimum atomic E-state index is -0.469. The largest absolute Gasteiger partial charge is 0.390 e. The molecule has 0 saturated carbocycles. The monoisotopic (exact) mass is 170 g/mol. The molecular formula is C11H22O. The van der Waals surface area contributed by atoms with Crippen LogP contribution in [0, 0.1) is 5.92 Å². The zero-order valence-electron chi connectivity index (χ0n) is 8.64. The summed E-state index contributed by atoms with van der Waals surface area (Å²) in [5, 5.41) is 10.2. The van der Waals surface area contributed by atoms with Crippen LogP contribution >= 0.6 is 0 Å². The van der Waals surface area contributed by atoms with E-state index in [-0.39, 0.29) is 0 Å². The van der Waals surface area contributed by atoms with Crippen LogP contribution in [-0.4, -0.2) is 10.7 Å². The van der Waals surface area contributed by atoms with Gasteiger partial charge in [-0.3, -0.25) is 0 Å². The SMILES string of the molecule is C=CCC[C@@](O)(CCC)C(C)C. The van der Waals surface area contributed by atoms with Gasteiger partial charge in [0.1, 0.15) is 0 Å². The highest BCUT2D eigenvalue weighted by Crippen LogP contribution is 2.27. The van der Waals surface area contributed by atoms with Gasteiger partial charge in [0.15, 0.2) is 0 Å². The molecule has 0 aliphatic carbocycles. The van der Waals surface area contributed by atoms with Crippen LogP contribution in [0.15, 0.2) is 12.7 Å². The first-order valence-electron chi connectivity index (χ1n) is 4.90. The van der Waals surface area contributed by atoms with Crippen molar-refractivity contribution in [1.82, 2.24) is 0 Å². The summed E-state index contributed by atoms with van der Waals surface area (Å²) < 4.78 is 0. The topological polar surface area (TPSA) is 20.2 Å². The zero-order chi connectivity index (χ0) is 9.61. The van der Waals surface area contributed by atoms with Gasteiger partial charge in [0, 0.05) is 0 Å². The summed E-state index contributed by atoms with van der Waals surface area (Å²) in [6.07, 6.45) is 5.59. The lowest BCUT2D eigenvalue weighted by Gasteiger charge is -2.31. The van der Waals surface area contributed by atoms with Gasteiger partial charge in [0.2, 0.25) is 0 Å². The lowest BCUT2D eigenvalue weighted by atomic mass is 9.82. The predicted molar refractivity (Wildman–Crippen MR) is 54.1 cm³/mol. The number of allylic oxidation sites excluding steroid dienone is 1. The molecule has 0 amide bonds. The Bertz CT molecular complexity index is 129. The van der Waals surface area contributed by atoms with Gasteiger partial charge in [-0.05, 0) is 25.2 Å². The Hall–Kier alpha value is -0.300. The first kappa shape index (κ1) is 11.7. The predicted octanol–water partition coefficient (Wildman–Crippen LogP) is 3.14. The molecule has 0 fully saturated rings. The summed E-state index contributed by atoms with van der Waals surface area (Å²) >= 11 is 0. The van der Waals surface area contributed by atoms with Crippen LogP contribution in [0.4, 0.5) is 0 Å². The standard InChI is InChI=1S/C11H22O/c1-5-7-9-11(12,8-6-2)10(3)4/h5,10,12H,1,6-9H2,2-4H3/t11-/m0/s1. The fraction of sp³-hybridized carbons (Fsp3) is 0.818. The maximum Gasteiger partial charge on any atom is 0.0673 e. The Balaban J connectivity index is 4.07. The summed E-state index contributed by atoms with van der Waals surface area (Å²) in [5.41, 5.74) is -0.469. The highest BCUT2D eigenvalue weighted by Gasteiger charge is 2.28. The molecule has 12 heavy (non-hydrogen) atoms. The highest BCUT2D eigenvalue weighted by molar-refractivity contribution is 4.84. The normalized spacial score (nSPS) is 16.1. The average molecular weight is 170 g/mol. The van der Waals surface area contributed by atoms with E-state index in [0.717, 1.165) is 25.7 Å². The summed E-state index contributed by atoms with van der Waals surface area (Å²) in [6, 6.07) is 0. The van der Waals surface area contributed by atoms with Crippen LogP contribution in [0.5, 0.6) is 0 Å². The molecule has 1 N–H and O–H groups in total. The average Bonchev–Trinajstić information content (AvgIpc) is 2.01. The minimum absolute atomic E-state index is 0.345. The van der Waals surface area contributed by atoms with Crippen LogP contribution in [0.25, 0.3) is 0 Å². The number of rotatable bonds is 6. The second-order valence-corrected chi connectivity index (χ2v) is 3.84. The first-order valence-corrected chi connectivity index (χ1v) is 4.90. The fourth-order valence-electron chi connectivity index (χ4n) is 1.49. The van der Waals surface area contributed by atoms with Crippen molar-refractivity contribution in [1.29, 1.82) is 0 Å². The molecule has 72 valence electrons. The van der Waals surface area contributed by atoms with Crippen molar-refractivity contribution in [3.63, 3.8) is 0 Å². The van der Waals surface area contributed by atoms with Gasteiger partial charge in [-0.1, -0.05) is 33.3 Å². The molecule has 0 heterocycles. The van der Waals surface area contributed by atoms with Crippen molar-refractivity contribution in [2.75, 3.05) is 0 Å². The van der Waals surface area contributed by atoms with Gasteiger partial charge in [-0.2, -0.15) is 0 Å². The molecule has 0 aromatic rings. The van der Waals surface area contributed by atoms with Gasteiger partial charge in [-0.15, -0.1) is 6.58 Å². The van der Waals surface area contributed by atoms with Crippen molar-refractivity contribution in [2.45, 2.75) is 52.1 Å². The van der Waals surface area contributed by atoms with Crippen LogP contribution in [-0.2, 0) is 0 Å². The third kappa shape index (κ3) is 3.40. The molecule has 0 aliphatic rings. The molecule has 0 aliphatic heterocycles. The van der Waals surface area contributed by atoms with Gasteiger partial charge in [0.25, 0.3) is 0 Å². The van der Waals surface area contributed by atoms with Gasteiger partial charge in [0.05, 0.1) is 5.60 Å². The van der Waals surface area contributed by atoms with E-state index in [9.17, 15) is 5.11 Å². The lowest BCUT2D eigenvalue weighted by molar-refractivity contribution is -0.0205. The third-order valence-corrected chi connectivity index (χ3v) is 2.54. The molecule has 0 spiro atoms. The summed E-state index contributed by atoms with van der Waals surface area (Å²) in [7, 11) is 0. The lowest BCUT2D eigenvalue weighted by Crippen LogP contribution is -2.34. The summed E-state index contributed by atoms with van der Waals surface area (Å²) in [5.74, 6) is 0.345. The molecule has 1 heteroatoms. The fourth-order valence-corrected chi connectivity index (χ4v) is 1.49. The molecule has 0 aromatic heterocycles. The Morgan fingerprint density at radius 2 is 2.00 bits per heavy atom.